The summed E-state index contributed by atoms with van der Waals surface area (Å²) in [5.74, 6) is 1.06. The van der Waals surface area contributed by atoms with Crippen LogP contribution in [-0.4, -0.2) is 41.6 Å². The number of benzene rings is 1. The zero-order valence-corrected chi connectivity index (χ0v) is 19.4. The third-order valence-electron chi connectivity index (χ3n) is 7.26. The van der Waals surface area contributed by atoms with E-state index in [1.165, 1.54) is 18.4 Å². The first-order valence-electron chi connectivity index (χ1n) is 12.4. The molecule has 1 amide bonds. The summed E-state index contributed by atoms with van der Waals surface area (Å²) >= 11 is 0. The minimum Gasteiger partial charge on any atom is -0.338 e. The van der Waals surface area contributed by atoms with Gasteiger partial charge in [-0.3, -0.25) is 9.59 Å². The number of pyridine rings is 1. The first kappa shape index (κ1) is 22.8. The molecule has 3 heterocycles. The van der Waals surface area contributed by atoms with E-state index in [1.807, 2.05) is 24.1 Å². The van der Waals surface area contributed by atoms with Crippen LogP contribution >= 0.6 is 0 Å². The van der Waals surface area contributed by atoms with Crippen LogP contribution in [0.2, 0.25) is 0 Å². The monoisotopic (exact) mass is 435 g/mol. The maximum Gasteiger partial charge on any atom is 0.263 e. The number of carbonyl (C=O) groups excluding carboxylic acids is 1. The van der Waals surface area contributed by atoms with Crippen molar-refractivity contribution in [2.75, 3.05) is 26.2 Å². The van der Waals surface area contributed by atoms with Gasteiger partial charge in [0.1, 0.15) is 5.56 Å². The standard InChI is InChI=1S/C27H37N3O2/c1-21-12-16-30(20-24-11-6-15-28-19-24)27(32)25(21)26(31)29-17-13-23(14-18-29)10-5-9-22-7-3-2-4-8-22/h2-4,7-8,12,16,23-24,28H,5-6,9-11,13-15,17-20H2,1H3. The number of hydrogen-bond donors (Lipinski definition) is 1. The highest BCUT2D eigenvalue weighted by Gasteiger charge is 2.27. The van der Waals surface area contributed by atoms with Crippen LogP contribution < -0.4 is 10.9 Å². The van der Waals surface area contributed by atoms with Crippen LogP contribution in [0.15, 0.2) is 47.4 Å². The molecule has 0 saturated carbocycles. The Morgan fingerprint density at radius 1 is 1.06 bits per heavy atom. The highest BCUT2D eigenvalue weighted by molar-refractivity contribution is 5.95. The molecule has 1 N–H and O–H groups in total. The summed E-state index contributed by atoms with van der Waals surface area (Å²) in [7, 11) is 0. The highest BCUT2D eigenvalue weighted by atomic mass is 16.2. The van der Waals surface area contributed by atoms with Gasteiger partial charge in [0, 0.05) is 25.8 Å². The Balaban J connectivity index is 1.32. The van der Waals surface area contributed by atoms with Gasteiger partial charge in [0.2, 0.25) is 0 Å². The quantitative estimate of drug-likeness (QED) is 0.714. The van der Waals surface area contributed by atoms with Gasteiger partial charge >= 0.3 is 0 Å². The van der Waals surface area contributed by atoms with Gasteiger partial charge in [0.25, 0.3) is 11.5 Å². The van der Waals surface area contributed by atoms with Gasteiger partial charge < -0.3 is 14.8 Å². The Labute approximate surface area is 191 Å². The highest BCUT2D eigenvalue weighted by Crippen LogP contribution is 2.24. The predicted molar refractivity (Wildman–Crippen MR) is 129 cm³/mol. The van der Waals surface area contributed by atoms with Crippen LogP contribution in [0, 0.1) is 18.8 Å². The van der Waals surface area contributed by atoms with Gasteiger partial charge in [0.05, 0.1) is 0 Å². The van der Waals surface area contributed by atoms with Crippen molar-refractivity contribution in [1.29, 1.82) is 0 Å². The topological polar surface area (TPSA) is 54.3 Å². The van der Waals surface area contributed by atoms with Gasteiger partial charge in [-0.2, -0.15) is 0 Å². The number of piperidine rings is 2. The van der Waals surface area contributed by atoms with Gasteiger partial charge in [-0.25, -0.2) is 0 Å². The Morgan fingerprint density at radius 2 is 1.84 bits per heavy atom. The Hall–Kier alpha value is -2.40. The van der Waals surface area contributed by atoms with Gasteiger partial charge in [-0.15, -0.1) is 0 Å². The fraction of sp³-hybridized carbons (Fsp3) is 0.556. The van der Waals surface area contributed by atoms with E-state index in [1.54, 1.807) is 4.57 Å². The fourth-order valence-corrected chi connectivity index (χ4v) is 5.25. The van der Waals surface area contributed by atoms with Crippen molar-refractivity contribution < 1.29 is 4.79 Å². The zero-order chi connectivity index (χ0) is 22.3. The first-order valence-corrected chi connectivity index (χ1v) is 12.4. The third-order valence-corrected chi connectivity index (χ3v) is 7.26. The lowest BCUT2D eigenvalue weighted by atomic mass is 9.90. The molecule has 0 aliphatic carbocycles. The molecule has 32 heavy (non-hydrogen) atoms. The Kier molecular flexibility index (Phi) is 7.80. The number of hydrogen-bond acceptors (Lipinski definition) is 3. The number of amides is 1. The summed E-state index contributed by atoms with van der Waals surface area (Å²) < 4.78 is 1.76. The molecule has 172 valence electrons. The van der Waals surface area contributed by atoms with Crippen molar-refractivity contribution >= 4 is 5.91 Å². The molecule has 2 saturated heterocycles. The molecule has 5 nitrogen and oxygen atoms in total. The molecule has 0 radical (unpaired) electrons. The van der Waals surface area contributed by atoms with E-state index in [9.17, 15) is 9.59 Å². The van der Waals surface area contributed by atoms with E-state index >= 15 is 0 Å². The lowest BCUT2D eigenvalue weighted by Gasteiger charge is -2.32. The van der Waals surface area contributed by atoms with E-state index in [2.05, 4.69) is 35.6 Å². The van der Waals surface area contributed by atoms with E-state index in [0.29, 0.717) is 23.9 Å². The van der Waals surface area contributed by atoms with Gasteiger partial charge in [-0.1, -0.05) is 30.3 Å². The largest absolute Gasteiger partial charge is 0.338 e. The average Bonchev–Trinajstić information content (AvgIpc) is 2.83. The SMILES string of the molecule is Cc1ccn(CC2CCCNC2)c(=O)c1C(=O)N1CCC(CCCc2ccccc2)CC1. The van der Waals surface area contributed by atoms with Crippen LogP contribution in [0.25, 0.3) is 0 Å². The van der Waals surface area contributed by atoms with Crippen molar-refractivity contribution in [2.24, 2.45) is 11.8 Å². The van der Waals surface area contributed by atoms with Crippen LogP contribution in [-0.2, 0) is 13.0 Å². The molecule has 1 atom stereocenters. The lowest BCUT2D eigenvalue weighted by molar-refractivity contribution is 0.0682. The van der Waals surface area contributed by atoms with Crippen molar-refractivity contribution in [3.8, 4) is 0 Å². The Bertz CT molecular complexity index is 939. The van der Waals surface area contributed by atoms with Crippen molar-refractivity contribution in [2.45, 2.75) is 58.4 Å². The van der Waals surface area contributed by atoms with Crippen molar-refractivity contribution in [3.05, 3.63) is 69.6 Å². The molecular formula is C27H37N3O2. The summed E-state index contributed by atoms with van der Waals surface area (Å²) in [6.07, 6.45) is 9.75. The average molecular weight is 436 g/mol. The van der Waals surface area contributed by atoms with E-state index in [0.717, 1.165) is 63.8 Å². The minimum atomic E-state index is -0.120. The third kappa shape index (κ3) is 5.69. The molecule has 2 aliphatic heterocycles. The normalized spacial score (nSPS) is 19.8. The molecule has 1 aromatic heterocycles. The smallest absolute Gasteiger partial charge is 0.263 e. The summed E-state index contributed by atoms with van der Waals surface area (Å²) in [5, 5.41) is 3.41. The first-order chi connectivity index (χ1) is 15.6. The van der Waals surface area contributed by atoms with Crippen LogP contribution in [0.3, 0.4) is 0 Å². The number of likely N-dealkylation sites (tertiary alicyclic amines) is 1. The van der Waals surface area contributed by atoms with Crippen molar-refractivity contribution in [3.63, 3.8) is 0 Å². The number of rotatable bonds is 7. The fourth-order valence-electron chi connectivity index (χ4n) is 5.25. The maximum atomic E-state index is 13.3. The molecule has 2 fully saturated rings. The molecule has 0 spiro atoms. The number of aryl methyl sites for hydroxylation is 2. The van der Waals surface area contributed by atoms with Crippen LogP contribution in [0.4, 0.5) is 0 Å². The van der Waals surface area contributed by atoms with Crippen LogP contribution in [0.5, 0.6) is 0 Å². The molecule has 2 aromatic rings. The minimum absolute atomic E-state index is 0.0774. The molecular weight excluding hydrogens is 398 g/mol. The lowest BCUT2D eigenvalue weighted by Crippen LogP contribution is -2.42. The van der Waals surface area contributed by atoms with E-state index in [4.69, 9.17) is 0 Å². The zero-order valence-electron chi connectivity index (χ0n) is 19.4. The van der Waals surface area contributed by atoms with E-state index < -0.39 is 0 Å². The summed E-state index contributed by atoms with van der Waals surface area (Å²) in [6, 6.07) is 12.6. The van der Waals surface area contributed by atoms with Crippen LogP contribution in [0.1, 0.15) is 60.0 Å². The summed E-state index contributed by atoms with van der Waals surface area (Å²) in [5.41, 5.74) is 2.45. The second-order valence-corrected chi connectivity index (χ2v) is 9.66. The van der Waals surface area contributed by atoms with Gasteiger partial charge in [-0.05, 0) is 94.0 Å². The second kappa shape index (κ2) is 11.0. The maximum absolute atomic E-state index is 13.3. The molecule has 4 rings (SSSR count). The molecule has 1 unspecified atom stereocenters. The number of carbonyl (C=O) groups is 1. The predicted octanol–water partition coefficient (Wildman–Crippen LogP) is 4.03. The molecule has 0 bridgehead atoms. The molecule has 5 heteroatoms. The molecule has 1 aromatic carbocycles. The van der Waals surface area contributed by atoms with E-state index in [-0.39, 0.29) is 11.5 Å². The number of aromatic nitrogens is 1. The van der Waals surface area contributed by atoms with Crippen molar-refractivity contribution in [1.82, 2.24) is 14.8 Å². The Morgan fingerprint density at radius 3 is 2.56 bits per heavy atom. The second-order valence-electron chi connectivity index (χ2n) is 9.66. The summed E-state index contributed by atoms with van der Waals surface area (Å²) in [4.78, 5) is 28.4. The number of nitrogens with one attached hydrogen (secondary N) is 1. The number of nitrogens with zero attached hydrogens (tertiary/aromatic N) is 2. The molecule has 2 aliphatic rings. The van der Waals surface area contributed by atoms with Gasteiger partial charge in [0.15, 0.2) is 0 Å². The summed E-state index contributed by atoms with van der Waals surface area (Å²) in [6.45, 7) is 6.10.